The number of amides is 4. The molecule has 47 heavy (non-hydrogen) atoms. The first-order chi connectivity index (χ1) is 22.3. The molecule has 0 bridgehead atoms. The number of carbonyl (C=O) groups is 5. The first-order valence-corrected chi connectivity index (χ1v) is 15.3. The topological polar surface area (TPSA) is 240 Å². The Labute approximate surface area is 271 Å². The van der Waals surface area contributed by atoms with Crippen molar-refractivity contribution in [1.82, 2.24) is 15.5 Å². The molecule has 0 unspecified atom stereocenters. The van der Waals surface area contributed by atoms with Crippen molar-refractivity contribution >= 4 is 52.2 Å². The summed E-state index contributed by atoms with van der Waals surface area (Å²) in [6.45, 7) is 4.70. The maximum atomic E-state index is 14.0. The lowest BCUT2D eigenvalue weighted by atomic mass is 10.0. The van der Waals surface area contributed by atoms with Crippen LogP contribution in [0.15, 0.2) is 38.5 Å². The number of hydrogen-bond donors (Lipinski definition) is 5. The molecule has 1 saturated heterocycles. The monoisotopic (exact) mass is 657 g/mol. The molecule has 0 aliphatic carbocycles. The molecule has 0 saturated carbocycles. The van der Waals surface area contributed by atoms with Gasteiger partial charge in [-0.05, 0) is 50.2 Å². The second-order valence-electron chi connectivity index (χ2n) is 11.6. The number of aliphatic carboxylic acids is 1. The van der Waals surface area contributed by atoms with Gasteiger partial charge >= 0.3 is 11.6 Å². The van der Waals surface area contributed by atoms with Crippen LogP contribution in [0.25, 0.3) is 11.0 Å². The van der Waals surface area contributed by atoms with E-state index in [-0.39, 0.29) is 60.2 Å². The lowest BCUT2D eigenvalue weighted by Crippen LogP contribution is -2.55. The third-order valence-electron chi connectivity index (χ3n) is 7.62. The Kier molecular flexibility index (Phi) is 12.7. The zero-order valence-electron chi connectivity index (χ0n) is 27.0. The molecule has 16 nitrogen and oxygen atoms in total. The van der Waals surface area contributed by atoms with Crippen molar-refractivity contribution in [2.75, 3.05) is 31.6 Å². The van der Waals surface area contributed by atoms with Gasteiger partial charge in [0.25, 0.3) is 0 Å². The lowest BCUT2D eigenvalue weighted by Gasteiger charge is -2.32. The Morgan fingerprint density at radius 3 is 2.51 bits per heavy atom. The number of aliphatic imine (C=N–C) groups is 1. The SMILES string of the molecule is COc1c(N(C(=O)CNC(=O)[C@@H]2CCCN2C(=O)[C@H](CCCN=C(N)N)NC(C)=O)[C@@H](CC(C)C)C(=O)O)c2ccccc2oc1=O. The van der Waals surface area contributed by atoms with Gasteiger partial charge in [-0.1, -0.05) is 26.0 Å². The number of nitrogens with zero attached hydrogens (tertiary/aromatic N) is 3. The van der Waals surface area contributed by atoms with Crippen molar-refractivity contribution in [1.29, 1.82) is 0 Å². The molecule has 2 heterocycles. The molecule has 1 fully saturated rings. The van der Waals surface area contributed by atoms with E-state index in [1.54, 1.807) is 32.0 Å². The second-order valence-corrected chi connectivity index (χ2v) is 11.6. The highest BCUT2D eigenvalue weighted by Gasteiger charge is 2.39. The highest BCUT2D eigenvalue weighted by atomic mass is 16.5. The van der Waals surface area contributed by atoms with Gasteiger partial charge < -0.3 is 41.3 Å². The fourth-order valence-corrected chi connectivity index (χ4v) is 5.63. The summed E-state index contributed by atoms with van der Waals surface area (Å²) >= 11 is 0. The Morgan fingerprint density at radius 1 is 1.19 bits per heavy atom. The van der Waals surface area contributed by atoms with Crippen molar-refractivity contribution in [2.45, 2.75) is 71.0 Å². The molecule has 256 valence electrons. The Balaban J connectivity index is 1.90. The number of anilines is 1. The van der Waals surface area contributed by atoms with Crippen LogP contribution in [0.2, 0.25) is 0 Å². The average Bonchev–Trinajstić information content (AvgIpc) is 3.50. The summed E-state index contributed by atoms with van der Waals surface area (Å²) < 4.78 is 10.7. The predicted octanol–water partition coefficient (Wildman–Crippen LogP) is 0.299. The van der Waals surface area contributed by atoms with Crippen LogP contribution in [0, 0.1) is 5.92 Å². The van der Waals surface area contributed by atoms with Crippen LogP contribution in [0.1, 0.15) is 52.9 Å². The van der Waals surface area contributed by atoms with Crippen LogP contribution in [0.3, 0.4) is 0 Å². The Hall–Kier alpha value is -5.15. The number of carboxylic acids is 1. The van der Waals surface area contributed by atoms with Gasteiger partial charge in [0.05, 0.1) is 13.7 Å². The zero-order valence-corrected chi connectivity index (χ0v) is 27.0. The number of guanidine groups is 1. The lowest BCUT2D eigenvalue weighted by molar-refractivity contribution is -0.142. The van der Waals surface area contributed by atoms with E-state index < -0.39 is 59.9 Å². The normalized spacial score (nSPS) is 15.5. The zero-order chi connectivity index (χ0) is 34.8. The summed E-state index contributed by atoms with van der Waals surface area (Å²) in [7, 11) is 1.20. The van der Waals surface area contributed by atoms with E-state index in [4.69, 9.17) is 20.6 Å². The van der Waals surface area contributed by atoms with Crippen LogP contribution < -0.4 is 37.4 Å². The summed E-state index contributed by atoms with van der Waals surface area (Å²) in [5, 5.41) is 15.7. The van der Waals surface area contributed by atoms with E-state index in [1.807, 2.05) is 0 Å². The van der Waals surface area contributed by atoms with Crippen LogP contribution in [0.4, 0.5) is 5.69 Å². The number of methoxy groups -OCH3 is 1. The van der Waals surface area contributed by atoms with Gasteiger partial charge in [0, 0.05) is 25.4 Å². The molecule has 3 rings (SSSR count). The third kappa shape index (κ3) is 9.20. The number of nitrogens with two attached hydrogens (primary N) is 2. The van der Waals surface area contributed by atoms with Gasteiger partial charge in [-0.3, -0.25) is 29.1 Å². The molecular formula is C31H43N7O9. The van der Waals surface area contributed by atoms with E-state index >= 15 is 0 Å². The molecule has 3 atom stereocenters. The molecule has 0 spiro atoms. The van der Waals surface area contributed by atoms with Gasteiger partial charge in [-0.25, -0.2) is 9.59 Å². The van der Waals surface area contributed by atoms with Crippen molar-refractivity contribution in [3.05, 3.63) is 34.7 Å². The number of carbonyl (C=O) groups excluding carboxylic acids is 4. The number of benzene rings is 1. The Bertz CT molecular complexity index is 1570. The molecule has 2 aromatic rings. The van der Waals surface area contributed by atoms with Gasteiger partial charge in [-0.2, -0.15) is 0 Å². The summed E-state index contributed by atoms with van der Waals surface area (Å²) in [5.41, 5.74) is 9.82. The van der Waals surface area contributed by atoms with Crippen LogP contribution >= 0.6 is 0 Å². The highest BCUT2D eigenvalue weighted by Crippen LogP contribution is 2.36. The van der Waals surface area contributed by atoms with Gasteiger partial charge in [0.2, 0.25) is 29.4 Å². The van der Waals surface area contributed by atoms with Gasteiger partial charge in [-0.15, -0.1) is 0 Å². The Morgan fingerprint density at radius 2 is 1.89 bits per heavy atom. The third-order valence-corrected chi connectivity index (χ3v) is 7.62. The van der Waals surface area contributed by atoms with Gasteiger partial charge in [0.15, 0.2) is 5.96 Å². The van der Waals surface area contributed by atoms with E-state index in [0.717, 1.165) is 4.90 Å². The summed E-state index contributed by atoms with van der Waals surface area (Å²) in [6.07, 6.45) is 1.44. The van der Waals surface area contributed by atoms with E-state index in [0.29, 0.717) is 19.3 Å². The summed E-state index contributed by atoms with van der Waals surface area (Å²) in [4.78, 5) is 84.5. The quantitative estimate of drug-likeness (QED) is 0.0755. The minimum atomic E-state index is -1.43. The first-order valence-electron chi connectivity index (χ1n) is 15.3. The number of rotatable bonds is 15. The molecule has 1 aliphatic heterocycles. The van der Waals surface area contributed by atoms with Crippen molar-refractivity contribution in [3.63, 3.8) is 0 Å². The van der Waals surface area contributed by atoms with E-state index in [9.17, 15) is 33.9 Å². The minimum Gasteiger partial charge on any atom is -0.488 e. The van der Waals surface area contributed by atoms with E-state index in [1.165, 1.54) is 25.0 Å². The number of para-hydroxylation sites is 1. The van der Waals surface area contributed by atoms with Gasteiger partial charge in [0.1, 0.15) is 29.4 Å². The molecule has 1 aromatic heterocycles. The first kappa shape index (κ1) is 36.3. The molecule has 7 N–H and O–H groups in total. The molecule has 0 radical (unpaired) electrons. The fraction of sp³-hybridized carbons (Fsp3) is 0.516. The smallest absolute Gasteiger partial charge is 0.381 e. The number of fused-ring (bicyclic) bond motifs is 1. The van der Waals surface area contributed by atoms with Crippen molar-refractivity contribution < 1.29 is 38.2 Å². The standard InChI is InChI=1S/C31H43N7O9/c1-17(2)15-22(29(43)44)38(25-19-9-5-6-12-23(19)47-30(45)26(25)46-4)24(40)16-35-27(41)21-11-8-14-37(21)28(42)20(36-18(3)39)10-7-13-34-31(32)33/h5-6,9,12,17,20-22H,7-8,10-11,13-16H2,1-4H3,(H,35,41)(H,36,39)(H,43,44)(H4,32,33,34)/t20-,21-,22-/m0/s1. The van der Waals surface area contributed by atoms with Crippen LogP contribution in [0.5, 0.6) is 5.75 Å². The maximum Gasteiger partial charge on any atom is 0.381 e. The number of carboxylic acid groups (broad SMARTS) is 1. The summed E-state index contributed by atoms with van der Waals surface area (Å²) in [6, 6.07) is 3.02. The number of nitrogens with one attached hydrogen (secondary N) is 2. The van der Waals surface area contributed by atoms with Crippen LogP contribution in [-0.2, 0) is 24.0 Å². The van der Waals surface area contributed by atoms with E-state index in [2.05, 4.69) is 15.6 Å². The molecule has 16 heteroatoms. The molecule has 4 amide bonds. The van der Waals surface area contributed by atoms with Crippen molar-refractivity contribution in [3.8, 4) is 5.75 Å². The minimum absolute atomic E-state index is 0.0192. The number of ether oxygens (including phenoxy) is 1. The molecule has 1 aliphatic rings. The fourth-order valence-electron chi connectivity index (χ4n) is 5.63. The second kappa shape index (κ2) is 16.4. The summed E-state index contributed by atoms with van der Waals surface area (Å²) in [5.74, 6) is -4.32. The molecular weight excluding hydrogens is 614 g/mol. The maximum absolute atomic E-state index is 14.0. The molecule has 1 aromatic carbocycles. The number of likely N-dealkylation sites (tertiary alicyclic amines) is 1. The van der Waals surface area contributed by atoms with Crippen LogP contribution in [-0.4, -0.2) is 90.4 Å². The predicted molar refractivity (Wildman–Crippen MR) is 173 cm³/mol. The highest BCUT2D eigenvalue weighted by molar-refractivity contribution is 6.09. The average molecular weight is 658 g/mol. The number of hydrogen-bond acceptors (Lipinski definition) is 9. The van der Waals surface area contributed by atoms with Crippen molar-refractivity contribution in [2.24, 2.45) is 22.4 Å². The largest absolute Gasteiger partial charge is 0.488 e.